The fourth-order valence-electron chi connectivity index (χ4n) is 3.94. The third-order valence-corrected chi connectivity index (χ3v) is 5.59. The first-order chi connectivity index (χ1) is 14.3. The molecule has 0 aliphatic carbocycles. The van der Waals surface area contributed by atoms with Gasteiger partial charge in [0, 0.05) is 5.56 Å². The molecule has 4 rings (SSSR count). The molecule has 0 bridgehead atoms. The van der Waals surface area contributed by atoms with Crippen molar-refractivity contribution in [2.75, 3.05) is 33.3 Å². The average molecular weight is 395 g/mol. The standard InChI is InChI=1S/C24H28N2O3/c1-27-23-10-9-21(16-24(23)29-19-20-6-3-2-4-7-20)17-25-11-13-26(14-12-25)18-22-8-5-15-28-22/h2-10,15-16H,11-14,17-19H2,1H3/p+2. The molecule has 2 aromatic carbocycles. The first-order valence-electron chi connectivity index (χ1n) is 10.3. The van der Waals surface area contributed by atoms with E-state index in [1.807, 2.05) is 30.3 Å². The maximum absolute atomic E-state index is 6.07. The molecule has 1 aliphatic rings. The van der Waals surface area contributed by atoms with E-state index in [0.717, 1.165) is 35.9 Å². The fraction of sp³-hybridized carbons (Fsp3) is 0.333. The molecule has 29 heavy (non-hydrogen) atoms. The molecule has 1 saturated heterocycles. The Morgan fingerprint density at radius 3 is 2.24 bits per heavy atom. The van der Waals surface area contributed by atoms with Gasteiger partial charge in [0.25, 0.3) is 0 Å². The zero-order valence-electron chi connectivity index (χ0n) is 17.0. The molecule has 0 spiro atoms. The van der Waals surface area contributed by atoms with Gasteiger partial charge in [0.2, 0.25) is 0 Å². The molecule has 5 heteroatoms. The number of methoxy groups -OCH3 is 1. The van der Waals surface area contributed by atoms with Crippen molar-refractivity contribution in [3.05, 3.63) is 83.8 Å². The Labute approximate surface area is 172 Å². The van der Waals surface area contributed by atoms with Crippen LogP contribution in [0, 0.1) is 0 Å². The van der Waals surface area contributed by atoms with E-state index in [9.17, 15) is 0 Å². The quantitative estimate of drug-likeness (QED) is 0.606. The van der Waals surface area contributed by atoms with Crippen LogP contribution in [0.1, 0.15) is 16.9 Å². The molecule has 0 amide bonds. The maximum Gasteiger partial charge on any atom is 0.162 e. The molecule has 0 radical (unpaired) electrons. The minimum atomic E-state index is 0.544. The second-order valence-electron chi connectivity index (χ2n) is 7.69. The Morgan fingerprint density at radius 2 is 1.55 bits per heavy atom. The molecule has 1 aromatic heterocycles. The van der Waals surface area contributed by atoms with Crippen LogP contribution in [0.5, 0.6) is 11.5 Å². The maximum atomic E-state index is 6.07. The number of nitrogens with one attached hydrogen (secondary N) is 2. The van der Waals surface area contributed by atoms with Crippen molar-refractivity contribution in [2.24, 2.45) is 0 Å². The van der Waals surface area contributed by atoms with Gasteiger partial charge < -0.3 is 23.7 Å². The van der Waals surface area contributed by atoms with Gasteiger partial charge in [-0.3, -0.25) is 0 Å². The molecule has 1 aliphatic heterocycles. The summed E-state index contributed by atoms with van der Waals surface area (Å²) in [4.78, 5) is 3.22. The fourth-order valence-corrected chi connectivity index (χ4v) is 3.94. The second-order valence-corrected chi connectivity index (χ2v) is 7.69. The lowest BCUT2D eigenvalue weighted by Gasteiger charge is -2.29. The van der Waals surface area contributed by atoms with Crippen LogP contribution in [-0.2, 0) is 19.7 Å². The van der Waals surface area contributed by atoms with Gasteiger partial charge in [0.05, 0.1) is 13.4 Å². The summed E-state index contributed by atoms with van der Waals surface area (Å²) in [6, 6.07) is 20.6. The topological polar surface area (TPSA) is 40.5 Å². The molecule has 152 valence electrons. The van der Waals surface area contributed by atoms with Crippen LogP contribution in [0.25, 0.3) is 0 Å². The molecule has 0 saturated carbocycles. The van der Waals surface area contributed by atoms with Crippen LogP contribution in [0.2, 0.25) is 0 Å². The molecule has 1 fully saturated rings. The van der Waals surface area contributed by atoms with Gasteiger partial charge in [-0.15, -0.1) is 0 Å². The highest BCUT2D eigenvalue weighted by Gasteiger charge is 2.24. The monoisotopic (exact) mass is 394 g/mol. The largest absolute Gasteiger partial charge is 0.493 e. The van der Waals surface area contributed by atoms with Gasteiger partial charge in [-0.05, 0) is 35.9 Å². The number of quaternary nitrogens is 2. The van der Waals surface area contributed by atoms with Crippen LogP contribution in [0.15, 0.2) is 71.3 Å². The minimum absolute atomic E-state index is 0.544. The van der Waals surface area contributed by atoms with Crippen molar-refractivity contribution in [3.63, 3.8) is 0 Å². The lowest BCUT2D eigenvalue weighted by molar-refractivity contribution is -1.02. The van der Waals surface area contributed by atoms with Crippen molar-refractivity contribution in [2.45, 2.75) is 19.7 Å². The lowest BCUT2D eigenvalue weighted by atomic mass is 10.1. The normalized spacial score (nSPS) is 19.1. The van der Waals surface area contributed by atoms with E-state index in [2.05, 4.69) is 30.3 Å². The van der Waals surface area contributed by atoms with E-state index >= 15 is 0 Å². The Balaban J connectivity index is 1.33. The Morgan fingerprint density at radius 1 is 0.793 bits per heavy atom. The van der Waals surface area contributed by atoms with Crippen molar-refractivity contribution < 1.29 is 23.7 Å². The van der Waals surface area contributed by atoms with Gasteiger partial charge in [-0.25, -0.2) is 0 Å². The molecule has 2 N–H and O–H groups in total. The highest BCUT2D eigenvalue weighted by molar-refractivity contribution is 5.43. The van der Waals surface area contributed by atoms with E-state index in [1.54, 1.807) is 23.2 Å². The SMILES string of the molecule is COc1ccc(C[NH+]2CC[NH+](Cc3ccco3)CC2)cc1OCc1ccccc1. The van der Waals surface area contributed by atoms with Crippen LogP contribution in [-0.4, -0.2) is 33.3 Å². The van der Waals surface area contributed by atoms with E-state index in [4.69, 9.17) is 13.9 Å². The van der Waals surface area contributed by atoms with Gasteiger partial charge in [0.1, 0.15) is 45.9 Å². The molecular formula is C24H30N2O3+2. The van der Waals surface area contributed by atoms with Gasteiger partial charge in [-0.1, -0.05) is 30.3 Å². The van der Waals surface area contributed by atoms with Crippen LogP contribution >= 0.6 is 0 Å². The number of benzene rings is 2. The Bertz CT molecular complexity index is 872. The third kappa shape index (κ3) is 5.40. The smallest absolute Gasteiger partial charge is 0.162 e. The lowest BCUT2D eigenvalue weighted by Crippen LogP contribution is -3.27. The zero-order chi connectivity index (χ0) is 19.9. The Kier molecular flexibility index (Phi) is 6.49. The summed E-state index contributed by atoms with van der Waals surface area (Å²) in [7, 11) is 1.69. The number of hydrogen-bond donors (Lipinski definition) is 2. The van der Waals surface area contributed by atoms with E-state index in [1.165, 1.54) is 31.7 Å². The van der Waals surface area contributed by atoms with Crippen LogP contribution in [0.4, 0.5) is 0 Å². The summed E-state index contributed by atoms with van der Waals surface area (Å²) >= 11 is 0. The first kappa shape index (κ1) is 19.6. The van der Waals surface area contributed by atoms with E-state index in [0.29, 0.717) is 6.61 Å². The van der Waals surface area contributed by atoms with Crippen LogP contribution < -0.4 is 19.3 Å². The van der Waals surface area contributed by atoms with Crippen molar-refractivity contribution in [1.82, 2.24) is 0 Å². The number of ether oxygens (including phenoxy) is 2. The number of furan rings is 1. The van der Waals surface area contributed by atoms with Gasteiger partial charge in [-0.2, -0.15) is 0 Å². The minimum Gasteiger partial charge on any atom is -0.493 e. The Hall–Kier alpha value is -2.76. The summed E-state index contributed by atoms with van der Waals surface area (Å²) in [5, 5.41) is 0. The number of rotatable bonds is 8. The average Bonchev–Trinajstić information content (AvgIpc) is 3.28. The zero-order valence-corrected chi connectivity index (χ0v) is 17.0. The number of hydrogen-bond acceptors (Lipinski definition) is 3. The third-order valence-electron chi connectivity index (χ3n) is 5.59. The van der Waals surface area contributed by atoms with E-state index in [-0.39, 0.29) is 0 Å². The highest BCUT2D eigenvalue weighted by Crippen LogP contribution is 2.28. The summed E-state index contributed by atoms with van der Waals surface area (Å²) in [6.45, 7) is 7.22. The predicted octanol–water partition coefficient (Wildman–Crippen LogP) is 1.35. The molecule has 5 nitrogen and oxygen atoms in total. The second kappa shape index (κ2) is 9.63. The molecule has 0 atom stereocenters. The molecule has 0 unspecified atom stereocenters. The predicted molar refractivity (Wildman–Crippen MR) is 111 cm³/mol. The molecule has 3 aromatic rings. The summed E-state index contributed by atoms with van der Waals surface area (Å²) in [5.74, 6) is 2.68. The van der Waals surface area contributed by atoms with Crippen LogP contribution in [0.3, 0.4) is 0 Å². The van der Waals surface area contributed by atoms with Crippen molar-refractivity contribution >= 4 is 0 Å². The highest BCUT2D eigenvalue weighted by atomic mass is 16.5. The van der Waals surface area contributed by atoms with Gasteiger partial charge >= 0.3 is 0 Å². The van der Waals surface area contributed by atoms with E-state index < -0.39 is 0 Å². The molecular weight excluding hydrogens is 364 g/mol. The van der Waals surface area contributed by atoms with Crippen molar-refractivity contribution in [1.29, 1.82) is 0 Å². The molecule has 2 heterocycles. The number of piperazine rings is 1. The summed E-state index contributed by atoms with van der Waals surface area (Å²) in [6.07, 6.45) is 1.76. The summed E-state index contributed by atoms with van der Waals surface area (Å²) in [5.41, 5.74) is 2.44. The summed E-state index contributed by atoms with van der Waals surface area (Å²) < 4.78 is 17.1. The van der Waals surface area contributed by atoms with Gasteiger partial charge in [0.15, 0.2) is 17.3 Å². The first-order valence-corrected chi connectivity index (χ1v) is 10.3. The van der Waals surface area contributed by atoms with Crippen molar-refractivity contribution in [3.8, 4) is 11.5 Å².